The van der Waals surface area contributed by atoms with E-state index in [4.69, 9.17) is 19.4 Å². The highest BCUT2D eigenvalue weighted by molar-refractivity contribution is 6.13. The van der Waals surface area contributed by atoms with Crippen LogP contribution in [0.3, 0.4) is 0 Å². The quantitative estimate of drug-likeness (QED) is 0.205. The van der Waals surface area contributed by atoms with Gasteiger partial charge in [-0.15, -0.1) is 0 Å². The molecule has 0 fully saturated rings. The third-order valence-corrected chi connectivity index (χ3v) is 8.54. The molecule has 1 aliphatic rings. The second-order valence-corrected chi connectivity index (χ2v) is 11.1. The fraction of sp³-hybridized carbons (Fsp3) is 0.0513. The molecule has 8 aromatic rings. The van der Waals surface area contributed by atoms with Crippen molar-refractivity contribution >= 4 is 49.4 Å². The summed E-state index contributed by atoms with van der Waals surface area (Å²) in [6, 6.07) is 40.2. The average Bonchev–Trinajstić information content (AvgIpc) is 3.46. The largest absolute Gasteiger partial charge is 0.460 e. The van der Waals surface area contributed by atoms with Gasteiger partial charge in [-0.1, -0.05) is 109 Å². The minimum absolute atomic E-state index is 0.638. The fourth-order valence-electron chi connectivity index (χ4n) is 6.50. The summed E-state index contributed by atoms with van der Waals surface area (Å²) in [6.45, 7) is 0. The summed E-state index contributed by atoms with van der Waals surface area (Å²) in [6.07, 6.45) is 6.28. The SMILES string of the molecule is C1=Cc2c(oc3cccc(-c4nc(-c5ccc6ccccc6c5)nc(-c5cc6ccccc6c6ccccc56)n4)c23)CC1. The van der Waals surface area contributed by atoms with Crippen molar-refractivity contribution in [3.05, 3.63) is 133 Å². The van der Waals surface area contributed by atoms with Crippen molar-refractivity contribution in [2.45, 2.75) is 12.8 Å². The Morgan fingerprint density at radius 1 is 0.535 bits per heavy atom. The molecule has 0 atom stereocenters. The smallest absolute Gasteiger partial charge is 0.164 e. The Balaban J connectivity index is 1.36. The van der Waals surface area contributed by atoms with E-state index in [1.807, 2.05) is 12.1 Å². The van der Waals surface area contributed by atoms with Crippen LogP contribution in [0.1, 0.15) is 17.7 Å². The van der Waals surface area contributed by atoms with Crippen LogP contribution in [0.15, 0.2) is 126 Å². The number of rotatable bonds is 3. The van der Waals surface area contributed by atoms with E-state index >= 15 is 0 Å². The van der Waals surface area contributed by atoms with E-state index < -0.39 is 0 Å². The van der Waals surface area contributed by atoms with Gasteiger partial charge in [0.05, 0.1) is 0 Å². The Bertz CT molecular complexity index is 2420. The third kappa shape index (κ3) is 3.87. The first-order valence-electron chi connectivity index (χ1n) is 14.7. The molecule has 0 radical (unpaired) electrons. The first-order chi connectivity index (χ1) is 21.3. The van der Waals surface area contributed by atoms with Gasteiger partial charge in [-0.2, -0.15) is 0 Å². The van der Waals surface area contributed by atoms with Crippen LogP contribution in [0.5, 0.6) is 0 Å². The zero-order chi connectivity index (χ0) is 28.3. The molecule has 0 aliphatic heterocycles. The summed E-state index contributed by atoms with van der Waals surface area (Å²) in [4.78, 5) is 15.5. The van der Waals surface area contributed by atoms with Crippen LogP contribution in [0.4, 0.5) is 0 Å². The Labute approximate surface area is 248 Å². The number of aromatic nitrogens is 3. The molecule has 202 valence electrons. The lowest BCUT2D eigenvalue weighted by atomic mass is 9.96. The molecular formula is C39H25N3O. The number of hydrogen-bond donors (Lipinski definition) is 0. The summed E-state index contributed by atoms with van der Waals surface area (Å²) in [5.74, 6) is 2.96. The third-order valence-electron chi connectivity index (χ3n) is 8.54. The zero-order valence-electron chi connectivity index (χ0n) is 23.3. The number of nitrogens with zero attached hydrogens (tertiary/aromatic N) is 3. The molecule has 4 heteroatoms. The highest BCUT2D eigenvalue weighted by atomic mass is 16.3. The van der Waals surface area contributed by atoms with Gasteiger partial charge in [-0.25, -0.2) is 15.0 Å². The Hall–Kier alpha value is -5.61. The van der Waals surface area contributed by atoms with E-state index in [-0.39, 0.29) is 0 Å². The first kappa shape index (κ1) is 24.0. The lowest BCUT2D eigenvalue weighted by Crippen LogP contribution is -2.01. The second-order valence-electron chi connectivity index (χ2n) is 11.1. The van der Waals surface area contributed by atoms with Crippen molar-refractivity contribution in [1.82, 2.24) is 15.0 Å². The minimum Gasteiger partial charge on any atom is -0.460 e. The van der Waals surface area contributed by atoms with Gasteiger partial charge in [0.25, 0.3) is 0 Å². The highest BCUT2D eigenvalue weighted by Gasteiger charge is 2.21. The molecule has 0 bridgehead atoms. The molecule has 0 amide bonds. The highest BCUT2D eigenvalue weighted by Crippen LogP contribution is 2.39. The molecule has 1 aliphatic carbocycles. The van der Waals surface area contributed by atoms with E-state index in [0.717, 1.165) is 68.0 Å². The van der Waals surface area contributed by atoms with Gasteiger partial charge in [0.2, 0.25) is 0 Å². The average molecular weight is 552 g/mol. The van der Waals surface area contributed by atoms with Gasteiger partial charge in [-0.05, 0) is 56.9 Å². The summed E-state index contributed by atoms with van der Waals surface area (Å²) in [5, 5.41) is 8.05. The van der Waals surface area contributed by atoms with Crippen molar-refractivity contribution in [1.29, 1.82) is 0 Å². The predicted molar refractivity (Wildman–Crippen MR) is 176 cm³/mol. The van der Waals surface area contributed by atoms with E-state index in [1.165, 1.54) is 16.2 Å². The van der Waals surface area contributed by atoms with Crippen molar-refractivity contribution < 1.29 is 4.42 Å². The number of hydrogen-bond acceptors (Lipinski definition) is 4. The molecule has 0 unspecified atom stereocenters. The maximum atomic E-state index is 6.31. The first-order valence-corrected chi connectivity index (χ1v) is 14.7. The molecule has 0 saturated carbocycles. The van der Waals surface area contributed by atoms with Gasteiger partial charge in [-0.3, -0.25) is 0 Å². The van der Waals surface area contributed by atoms with Crippen LogP contribution >= 0.6 is 0 Å². The molecule has 2 heterocycles. The Morgan fingerprint density at radius 2 is 1.26 bits per heavy atom. The van der Waals surface area contributed by atoms with Gasteiger partial charge in [0, 0.05) is 34.1 Å². The number of benzene rings is 6. The lowest BCUT2D eigenvalue weighted by Gasteiger charge is -2.13. The van der Waals surface area contributed by atoms with Crippen LogP contribution in [0.2, 0.25) is 0 Å². The molecular weight excluding hydrogens is 526 g/mol. The van der Waals surface area contributed by atoms with E-state index in [1.54, 1.807) is 0 Å². The molecule has 6 aromatic carbocycles. The van der Waals surface area contributed by atoms with Gasteiger partial charge < -0.3 is 4.42 Å². The van der Waals surface area contributed by atoms with Crippen molar-refractivity contribution in [3.8, 4) is 34.2 Å². The lowest BCUT2D eigenvalue weighted by molar-refractivity contribution is 0.546. The molecule has 0 spiro atoms. The monoisotopic (exact) mass is 551 g/mol. The summed E-state index contributed by atoms with van der Waals surface area (Å²) in [7, 11) is 0. The molecule has 43 heavy (non-hydrogen) atoms. The van der Waals surface area contributed by atoms with Crippen LogP contribution < -0.4 is 0 Å². The number of allylic oxidation sites excluding steroid dienone is 1. The van der Waals surface area contributed by atoms with Crippen molar-refractivity contribution in [3.63, 3.8) is 0 Å². The van der Waals surface area contributed by atoms with Gasteiger partial charge in [0.15, 0.2) is 17.5 Å². The number of fused-ring (bicyclic) bond motifs is 7. The van der Waals surface area contributed by atoms with Gasteiger partial charge in [0.1, 0.15) is 11.3 Å². The summed E-state index contributed by atoms with van der Waals surface area (Å²) < 4.78 is 6.31. The van der Waals surface area contributed by atoms with Crippen LogP contribution in [-0.4, -0.2) is 15.0 Å². The Morgan fingerprint density at radius 3 is 2.14 bits per heavy atom. The normalized spacial score (nSPS) is 12.8. The maximum Gasteiger partial charge on any atom is 0.164 e. The minimum atomic E-state index is 0.638. The van der Waals surface area contributed by atoms with E-state index in [0.29, 0.717) is 17.5 Å². The second kappa shape index (κ2) is 9.47. The molecule has 2 aromatic heterocycles. The zero-order valence-corrected chi connectivity index (χ0v) is 23.3. The van der Waals surface area contributed by atoms with Crippen LogP contribution in [-0.2, 0) is 6.42 Å². The van der Waals surface area contributed by atoms with E-state index in [9.17, 15) is 0 Å². The van der Waals surface area contributed by atoms with Crippen molar-refractivity contribution in [2.75, 3.05) is 0 Å². The fourth-order valence-corrected chi connectivity index (χ4v) is 6.50. The molecule has 0 N–H and O–H groups in total. The van der Waals surface area contributed by atoms with Crippen LogP contribution in [0, 0.1) is 0 Å². The molecule has 0 saturated heterocycles. The standard InChI is InChI=1S/C39H25N3O/c1-2-11-25-22-27(21-20-24(25)10-1)37-40-38(32-17-9-19-35-36(32)31-16-7-8-18-34(31)43-35)42-39(41-37)33-23-26-12-3-4-13-28(26)29-14-5-6-15-30(29)33/h1-7,9-17,19-23H,8,18H2. The number of aryl methyl sites for hydroxylation is 1. The molecule has 9 rings (SSSR count). The maximum absolute atomic E-state index is 6.31. The predicted octanol–water partition coefficient (Wildman–Crippen LogP) is 10.0. The summed E-state index contributed by atoms with van der Waals surface area (Å²) in [5.41, 5.74) is 4.88. The van der Waals surface area contributed by atoms with E-state index in [2.05, 4.69) is 115 Å². The Kier molecular flexibility index (Phi) is 5.29. The van der Waals surface area contributed by atoms with Crippen LogP contribution in [0.25, 0.3) is 83.5 Å². The topological polar surface area (TPSA) is 51.8 Å². The number of furan rings is 1. The van der Waals surface area contributed by atoms with Crippen molar-refractivity contribution in [2.24, 2.45) is 0 Å². The van der Waals surface area contributed by atoms with Gasteiger partial charge >= 0.3 is 0 Å². The molecule has 4 nitrogen and oxygen atoms in total. The summed E-state index contributed by atoms with van der Waals surface area (Å²) >= 11 is 0.